The standard InChI is InChI=1S/C5H10FNO/c1-7-2-5(6)3-8-4-5/h7H,2-4H2,1H3. The summed E-state index contributed by atoms with van der Waals surface area (Å²) in [5, 5.41) is 2.76. The molecule has 0 bridgehead atoms. The minimum absolute atomic E-state index is 0.258. The van der Waals surface area contributed by atoms with E-state index in [1.54, 1.807) is 7.05 Å². The smallest absolute Gasteiger partial charge is 0.169 e. The van der Waals surface area contributed by atoms with Crippen LogP contribution in [0.5, 0.6) is 0 Å². The van der Waals surface area contributed by atoms with Gasteiger partial charge in [-0.3, -0.25) is 0 Å². The van der Waals surface area contributed by atoms with Gasteiger partial charge in [-0.05, 0) is 7.05 Å². The molecule has 0 aromatic heterocycles. The molecule has 1 N–H and O–H groups in total. The largest absolute Gasteiger partial charge is 0.375 e. The first-order valence-corrected chi connectivity index (χ1v) is 2.68. The van der Waals surface area contributed by atoms with E-state index in [1.165, 1.54) is 0 Å². The lowest BCUT2D eigenvalue weighted by Gasteiger charge is -2.33. The normalized spacial score (nSPS) is 24.8. The molecular weight excluding hydrogens is 109 g/mol. The number of hydrogen-bond donors (Lipinski definition) is 1. The lowest BCUT2D eigenvalue weighted by molar-refractivity contribution is -0.126. The van der Waals surface area contributed by atoms with Crippen LogP contribution in [0, 0.1) is 0 Å². The van der Waals surface area contributed by atoms with Crippen LogP contribution in [0.15, 0.2) is 0 Å². The zero-order valence-electron chi connectivity index (χ0n) is 4.91. The Bertz CT molecular complexity index is 82.5. The van der Waals surface area contributed by atoms with E-state index in [0.717, 1.165) is 0 Å². The van der Waals surface area contributed by atoms with E-state index in [-0.39, 0.29) is 13.2 Å². The van der Waals surface area contributed by atoms with Crippen molar-refractivity contribution < 1.29 is 9.13 Å². The van der Waals surface area contributed by atoms with Crippen molar-refractivity contribution >= 4 is 0 Å². The van der Waals surface area contributed by atoms with Crippen LogP contribution in [0.4, 0.5) is 4.39 Å². The summed E-state index contributed by atoms with van der Waals surface area (Å²) in [4.78, 5) is 0. The van der Waals surface area contributed by atoms with E-state index in [9.17, 15) is 4.39 Å². The molecule has 0 unspecified atom stereocenters. The molecule has 0 aromatic carbocycles. The molecule has 2 nitrogen and oxygen atoms in total. The van der Waals surface area contributed by atoms with Gasteiger partial charge in [-0.15, -0.1) is 0 Å². The Labute approximate surface area is 48.0 Å². The highest BCUT2D eigenvalue weighted by molar-refractivity contribution is 4.87. The van der Waals surface area contributed by atoms with Crippen molar-refractivity contribution in [2.24, 2.45) is 0 Å². The molecule has 0 spiro atoms. The summed E-state index contributed by atoms with van der Waals surface area (Å²) in [7, 11) is 1.74. The van der Waals surface area contributed by atoms with Crippen LogP contribution in [0.2, 0.25) is 0 Å². The zero-order valence-corrected chi connectivity index (χ0v) is 4.91. The minimum Gasteiger partial charge on any atom is -0.375 e. The van der Waals surface area contributed by atoms with Crippen molar-refractivity contribution in [2.75, 3.05) is 26.8 Å². The molecule has 0 atom stereocenters. The SMILES string of the molecule is CNCC1(F)COC1. The Balaban J connectivity index is 2.20. The summed E-state index contributed by atoms with van der Waals surface area (Å²) in [6, 6.07) is 0. The predicted molar refractivity (Wildman–Crippen MR) is 28.6 cm³/mol. The number of nitrogens with one attached hydrogen (secondary N) is 1. The molecule has 1 heterocycles. The van der Waals surface area contributed by atoms with Crippen LogP contribution >= 0.6 is 0 Å². The van der Waals surface area contributed by atoms with Gasteiger partial charge in [0.25, 0.3) is 0 Å². The third kappa shape index (κ3) is 0.980. The summed E-state index contributed by atoms with van der Waals surface area (Å²) in [6.07, 6.45) is 0. The van der Waals surface area contributed by atoms with Gasteiger partial charge >= 0.3 is 0 Å². The maximum absolute atomic E-state index is 12.7. The van der Waals surface area contributed by atoms with E-state index in [1.807, 2.05) is 0 Å². The van der Waals surface area contributed by atoms with Crippen LogP contribution in [0.1, 0.15) is 0 Å². The second-order valence-corrected chi connectivity index (χ2v) is 2.17. The van der Waals surface area contributed by atoms with Crippen LogP contribution < -0.4 is 5.32 Å². The number of ether oxygens (including phenoxy) is 1. The average Bonchev–Trinajstić information content (AvgIpc) is 1.64. The van der Waals surface area contributed by atoms with Gasteiger partial charge < -0.3 is 10.1 Å². The van der Waals surface area contributed by atoms with Gasteiger partial charge in [-0.2, -0.15) is 0 Å². The fourth-order valence-electron chi connectivity index (χ4n) is 0.742. The summed E-state index contributed by atoms with van der Waals surface area (Å²) in [5.74, 6) is 0. The van der Waals surface area contributed by atoms with Crippen molar-refractivity contribution in [2.45, 2.75) is 5.67 Å². The number of rotatable bonds is 2. The fourth-order valence-corrected chi connectivity index (χ4v) is 0.742. The summed E-state index contributed by atoms with van der Waals surface area (Å²) >= 11 is 0. The molecule has 0 radical (unpaired) electrons. The third-order valence-electron chi connectivity index (χ3n) is 1.22. The van der Waals surface area contributed by atoms with E-state index >= 15 is 0 Å². The van der Waals surface area contributed by atoms with Crippen molar-refractivity contribution in [1.82, 2.24) is 5.32 Å². The molecule has 1 fully saturated rings. The molecule has 48 valence electrons. The number of hydrogen-bond acceptors (Lipinski definition) is 2. The molecule has 0 aromatic rings. The first kappa shape index (κ1) is 5.98. The van der Waals surface area contributed by atoms with Crippen LogP contribution in [-0.4, -0.2) is 32.5 Å². The van der Waals surface area contributed by atoms with E-state index < -0.39 is 5.67 Å². The van der Waals surface area contributed by atoms with Gasteiger partial charge in [0.1, 0.15) is 0 Å². The predicted octanol–water partition coefficient (Wildman–Crippen LogP) is -0.0557. The third-order valence-corrected chi connectivity index (χ3v) is 1.22. The van der Waals surface area contributed by atoms with Crippen molar-refractivity contribution in [1.29, 1.82) is 0 Å². The molecule has 1 saturated heterocycles. The highest BCUT2D eigenvalue weighted by atomic mass is 19.1. The maximum Gasteiger partial charge on any atom is 0.169 e. The fraction of sp³-hybridized carbons (Fsp3) is 1.00. The zero-order chi connectivity index (χ0) is 6.04. The Morgan fingerprint density at radius 2 is 2.38 bits per heavy atom. The number of alkyl halides is 1. The van der Waals surface area contributed by atoms with Gasteiger partial charge in [0.15, 0.2) is 5.67 Å². The second kappa shape index (κ2) is 1.99. The maximum atomic E-state index is 12.7. The second-order valence-electron chi connectivity index (χ2n) is 2.17. The van der Waals surface area contributed by atoms with E-state index in [2.05, 4.69) is 10.1 Å². The Morgan fingerprint density at radius 3 is 2.50 bits per heavy atom. The topological polar surface area (TPSA) is 21.3 Å². The molecular formula is C5H10FNO. The minimum atomic E-state index is -1.06. The monoisotopic (exact) mass is 119 g/mol. The van der Waals surface area contributed by atoms with E-state index in [4.69, 9.17) is 0 Å². The Kier molecular flexibility index (Phi) is 1.49. The summed E-state index contributed by atoms with van der Waals surface area (Å²) < 4.78 is 17.4. The summed E-state index contributed by atoms with van der Waals surface area (Å²) in [6.45, 7) is 0.925. The molecule has 0 saturated carbocycles. The lowest BCUT2D eigenvalue weighted by atomic mass is 10.1. The van der Waals surface area contributed by atoms with Gasteiger partial charge in [-0.1, -0.05) is 0 Å². The van der Waals surface area contributed by atoms with Crippen LogP contribution in [-0.2, 0) is 4.74 Å². The molecule has 8 heavy (non-hydrogen) atoms. The quantitative estimate of drug-likeness (QED) is 0.550. The molecule has 1 rings (SSSR count). The van der Waals surface area contributed by atoms with Gasteiger partial charge in [0.05, 0.1) is 13.2 Å². The first-order valence-electron chi connectivity index (χ1n) is 2.68. The number of halogens is 1. The van der Waals surface area contributed by atoms with Crippen molar-refractivity contribution in [3.05, 3.63) is 0 Å². The van der Waals surface area contributed by atoms with Gasteiger partial charge in [-0.25, -0.2) is 4.39 Å². The van der Waals surface area contributed by atoms with Gasteiger partial charge in [0, 0.05) is 6.54 Å². The average molecular weight is 119 g/mol. The van der Waals surface area contributed by atoms with Crippen LogP contribution in [0.3, 0.4) is 0 Å². The van der Waals surface area contributed by atoms with Gasteiger partial charge in [0.2, 0.25) is 0 Å². The molecule has 0 aliphatic carbocycles. The van der Waals surface area contributed by atoms with Crippen molar-refractivity contribution in [3.63, 3.8) is 0 Å². The molecule has 0 amide bonds. The van der Waals surface area contributed by atoms with Crippen molar-refractivity contribution in [3.8, 4) is 0 Å². The first-order chi connectivity index (χ1) is 3.77. The lowest BCUT2D eigenvalue weighted by Crippen LogP contribution is -2.51. The molecule has 1 aliphatic heterocycles. The highest BCUT2D eigenvalue weighted by Gasteiger charge is 2.37. The van der Waals surface area contributed by atoms with E-state index in [0.29, 0.717) is 6.54 Å². The Morgan fingerprint density at radius 1 is 1.75 bits per heavy atom. The highest BCUT2D eigenvalue weighted by Crippen LogP contribution is 2.19. The Hall–Kier alpha value is -0.150. The summed E-state index contributed by atoms with van der Waals surface area (Å²) in [5.41, 5.74) is -1.06. The van der Waals surface area contributed by atoms with Crippen LogP contribution in [0.25, 0.3) is 0 Å². The molecule has 3 heteroatoms. The molecule has 1 aliphatic rings.